The Bertz CT molecular complexity index is 1230. The van der Waals surface area contributed by atoms with Gasteiger partial charge in [0, 0.05) is 12.8 Å². The molecular weight excluding hydrogens is 360 g/mol. The third-order valence-corrected chi connectivity index (χ3v) is 5.53. The van der Waals surface area contributed by atoms with E-state index in [1.807, 2.05) is 38.1 Å². The maximum atomic E-state index is 12.3. The number of hydrogen-bond donors (Lipinski definition) is 2. The quantitative estimate of drug-likeness (QED) is 0.566. The molecule has 0 radical (unpaired) electrons. The Hall–Kier alpha value is -3.06. The van der Waals surface area contributed by atoms with Gasteiger partial charge in [0.25, 0.3) is 5.56 Å². The lowest BCUT2D eigenvalue weighted by molar-refractivity contribution is -0.116. The van der Waals surface area contributed by atoms with Gasteiger partial charge in [0.2, 0.25) is 5.91 Å². The minimum atomic E-state index is -0.257. The van der Waals surface area contributed by atoms with Gasteiger partial charge in [-0.25, -0.2) is 9.97 Å². The van der Waals surface area contributed by atoms with Crippen LogP contribution in [-0.4, -0.2) is 20.9 Å². The van der Waals surface area contributed by atoms with Crippen LogP contribution >= 0.6 is 11.3 Å². The van der Waals surface area contributed by atoms with Crippen LogP contribution in [-0.2, 0) is 11.2 Å². The predicted molar refractivity (Wildman–Crippen MR) is 108 cm³/mol. The highest BCUT2D eigenvalue weighted by Crippen LogP contribution is 2.29. The maximum absolute atomic E-state index is 12.3. The van der Waals surface area contributed by atoms with Crippen molar-refractivity contribution in [2.45, 2.75) is 26.7 Å². The number of carbonyl (C=O) groups excluding carboxylic acids is 1. The maximum Gasteiger partial charge on any atom is 0.270 e. The topological polar surface area (TPSA) is 87.7 Å². The summed E-state index contributed by atoms with van der Waals surface area (Å²) in [6.07, 6.45) is 0.442. The van der Waals surface area contributed by atoms with E-state index in [0.717, 1.165) is 15.8 Å². The smallest absolute Gasteiger partial charge is 0.270 e. The number of hydrogen-bond acceptors (Lipinski definition) is 5. The number of fused-ring (bicyclic) bond motifs is 2. The Morgan fingerprint density at radius 2 is 1.96 bits per heavy atom. The van der Waals surface area contributed by atoms with E-state index < -0.39 is 0 Å². The molecule has 6 nitrogen and oxygen atoms in total. The highest BCUT2D eigenvalue weighted by molar-refractivity contribution is 7.22. The van der Waals surface area contributed by atoms with Crippen molar-refractivity contribution < 1.29 is 4.79 Å². The van der Waals surface area contributed by atoms with Crippen molar-refractivity contribution in [2.75, 3.05) is 5.32 Å². The molecule has 0 saturated heterocycles. The van der Waals surface area contributed by atoms with Crippen LogP contribution in [0, 0.1) is 13.8 Å². The highest BCUT2D eigenvalue weighted by Gasteiger charge is 2.12. The molecule has 2 aromatic heterocycles. The van der Waals surface area contributed by atoms with Crippen molar-refractivity contribution in [2.24, 2.45) is 0 Å². The number of nitrogens with one attached hydrogen (secondary N) is 2. The molecule has 0 unspecified atom stereocenters. The van der Waals surface area contributed by atoms with Gasteiger partial charge in [-0.2, -0.15) is 0 Å². The van der Waals surface area contributed by atoms with Gasteiger partial charge in [-0.3, -0.25) is 9.59 Å². The van der Waals surface area contributed by atoms with Crippen LogP contribution in [0.25, 0.3) is 21.3 Å². The minimum Gasteiger partial charge on any atom is -0.319 e. The van der Waals surface area contributed by atoms with E-state index in [2.05, 4.69) is 26.3 Å². The molecule has 0 aliphatic carbocycles. The third kappa shape index (κ3) is 3.46. The number of rotatable bonds is 4. The van der Waals surface area contributed by atoms with Crippen molar-refractivity contribution in [3.8, 4) is 0 Å². The lowest BCUT2D eigenvalue weighted by Gasteiger charge is -2.03. The summed E-state index contributed by atoms with van der Waals surface area (Å²) < 4.78 is 1.04. The van der Waals surface area contributed by atoms with Crippen LogP contribution < -0.4 is 10.9 Å². The molecular formula is C20H18N4O2S. The zero-order valence-corrected chi connectivity index (χ0v) is 15.8. The van der Waals surface area contributed by atoms with Crippen molar-refractivity contribution in [1.29, 1.82) is 0 Å². The molecule has 2 heterocycles. The second-order valence-corrected chi connectivity index (χ2v) is 7.48. The number of nitrogens with zero attached hydrogens (tertiary/aromatic N) is 2. The molecule has 0 aliphatic rings. The van der Waals surface area contributed by atoms with Crippen LogP contribution in [0.2, 0.25) is 0 Å². The van der Waals surface area contributed by atoms with Crippen molar-refractivity contribution >= 4 is 43.6 Å². The average Bonchev–Trinajstić information content (AvgIpc) is 3.06. The molecule has 0 atom stereocenters. The zero-order valence-electron chi connectivity index (χ0n) is 15.0. The van der Waals surface area contributed by atoms with E-state index in [1.54, 1.807) is 6.07 Å². The summed E-state index contributed by atoms with van der Waals surface area (Å²) in [5.41, 5.74) is 4.72. The van der Waals surface area contributed by atoms with Crippen LogP contribution in [0.5, 0.6) is 0 Å². The summed E-state index contributed by atoms with van der Waals surface area (Å²) in [5.74, 6) is -0.183. The molecule has 136 valence electrons. The lowest BCUT2D eigenvalue weighted by atomic mass is 10.1. The summed E-state index contributed by atoms with van der Waals surface area (Å²) in [6.45, 7) is 4.07. The Balaban J connectivity index is 1.48. The minimum absolute atomic E-state index is 0.169. The molecule has 4 rings (SSSR count). The number of anilines is 1. The van der Waals surface area contributed by atoms with Crippen LogP contribution in [0.3, 0.4) is 0 Å². The summed E-state index contributed by atoms with van der Waals surface area (Å²) in [5, 5.41) is 3.41. The third-order valence-electron chi connectivity index (χ3n) is 4.59. The van der Waals surface area contributed by atoms with Gasteiger partial charge in [-0.1, -0.05) is 29.5 Å². The summed E-state index contributed by atoms with van der Waals surface area (Å²) in [7, 11) is 0. The number of aromatic amines is 1. The number of thiazole rings is 1. The average molecular weight is 378 g/mol. The molecule has 0 saturated carbocycles. The van der Waals surface area contributed by atoms with Crippen LogP contribution in [0.1, 0.15) is 23.2 Å². The van der Waals surface area contributed by atoms with Gasteiger partial charge >= 0.3 is 0 Å². The summed E-state index contributed by atoms with van der Waals surface area (Å²) >= 11 is 1.45. The van der Waals surface area contributed by atoms with Gasteiger partial charge in [0.1, 0.15) is 5.69 Å². The number of amides is 1. The van der Waals surface area contributed by atoms with Crippen LogP contribution in [0.4, 0.5) is 5.13 Å². The van der Waals surface area contributed by atoms with Crippen LogP contribution in [0.15, 0.2) is 41.2 Å². The Labute approximate surface area is 159 Å². The molecule has 0 aliphatic heterocycles. The second kappa shape index (κ2) is 6.92. The fourth-order valence-electron chi connectivity index (χ4n) is 2.93. The molecule has 27 heavy (non-hydrogen) atoms. The lowest BCUT2D eigenvalue weighted by Crippen LogP contribution is -2.18. The highest BCUT2D eigenvalue weighted by atomic mass is 32.1. The normalized spacial score (nSPS) is 11.2. The second-order valence-electron chi connectivity index (χ2n) is 6.45. The Kier molecular flexibility index (Phi) is 4.45. The van der Waals surface area contributed by atoms with Gasteiger partial charge < -0.3 is 10.3 Å². The summed E-state index contributed by atoms with van der Waals surface area (Å²) in [4.78, 5) is 36.1. The van der Waals surface area contributed by atoms with E-state index in [1.165, 1.54) is 16.9 Å². The first kappa shape index (κ1) is 17.4. The van der Waals surface area contributed by atoms with Crippen molar-refractivity contribution in [3.63, 3.8) is 0 Å². The van der Waals surface area contributed by atoms with Gasteiger partial charge in [-0.05, 0) is 43.2 Å². The summed E-state index contributed by atoms with van der Waals surface area (Å²) in [6, 6.07) is 11.4. The van der Waals surface area contributed by atoms with Gasteiger partial charge in [0.15, 0.2) is 5.13 Å². The van der Waals surface area contributed by atoms with E-state index in [0.29, 0.717) is 21.9 Å². The number of benzene rings is 2. The van der Waals surface area contributed by atoms with E-state index in [4.69, 9.17) is 0 Å². The van der Waals surface area contributed by atoms with E-state index in [-0.39, 0.29) is 24.3 Å². The molecule has 0 spiro atoms. The van der Waals surface area contributed by atoms with E-state index >= 15 is 0 Å². The number of carbonyl (C=O) groups is 1. The predicted octanol–water partition coefficient (Wildman–Crippen LogP) is 3.72. The molecule has 0 bridgehead atoms. The Morgan fingerprint density at radius 3 is 2.81 bits per heavy atom. The molecule has 1 amide bonds. The molecule has 0 fully saturated rings. The Morgan fingerprint density at radius 1 is 1.15 bits per heavy atom. The molecule has 4 aromatic rings. The zero-order chi connectivity index (χ0) is 19.0. The number of aryl methyl sites for hydroxylation is 3. The number of para-hydroxylation sites is 2. The molecule has 7 heteroatoms. The standard InChI is InChI=1S/C20H18N4O2S/c1-11-7-9-16-18(12(11)2)24-20(27-16)23-17(25)10-8-15-19(26)22-14-6-4-3-5-13(14)21-15/h3-7,9H,8,10H2,1-2H3,(H,22,26)(H,23,24,25). The largest absolute Gasteiger partial charge is 0.319 e. The first-order valence-corrected chi connectivity index (χ1v) is 9.47. The number of aromatic nitrogens is 3. The first-order chi connectivity index (χ1) is 13.0. The SMILES string of the molecule is Cc1ccc2sc(NC(=O)CCc3nc4ccccc4[nH]c3=O)nc2c1C. The first-order valence-electron chi connectivity index (χ1n) is 8.66. The van der Waals surface area contributed by atoms with Gasteiger partial charge in [0.05, 0.1) is 21.3 Å². The molecule has 2 aromatic carbocycles. The monoisotopic (exact) mass is 378 g/mol. The van der Waals surface area contributed by atoms with Crippen molar-refractivity contribution in [3.05, 3.63) is 63.6 Å². The fraction of sp³-hybridized carbons (Fsp3) is 0.200. The molecule has 2 N–H and O–H groups in total. The van der Waals surface area contributed by atoms with Crippen molar-refractivity contribution in [1.82, 2.24) is 15.0 Å². The fourth-order valence-corrected chi connectivity index (χ4v) is 3.87. The van der Waals surface area contributed by atoms with E-state index in [9.17, 15) is 9.59 Å². The van der Waals surface area contributed by atoms with Gasteiger partial charge in [-0.15, -0.1) is 0 Å². The number of H-pyrrole nitrogens is 1.